The largest absolute Gasteiger partial charge is 0.451 e. The first-order chi connectivity index (χ1) is 5.11. The van der Waals surface area contributed by atoms with Crippen LogP contribution >= 0.6 is 0 Å². The number of carbonyl (C=O) groups excluding carboxylic acids is 1. The zero-order valence-electron chi connectivity index (χ0n) is 6.67. The number of carbonyl (C=O) groups is 1. The van der Waals surface area contributed by atoms with E-state index >= 15 is 0 Å². The molecule has 0 saturated heterocycles. The highest BCUT2D eigenvalue weighted by atomic mass is 16.5. The van der Waals surface area contributed by atoms with Gasteiger partial charge in [-0.2, -0.15) is 0 Å². The molecule has 2 heteroatoms. The summed E-state index contributed by atoms with van der Waals surface area (Å²) in [4.78, 5) is 10.9. The highest BCUT2D eigenvalue weighted by Crippen LogP contribution is 1.99. The van der Waals surface area contributed by atoms with Crippen LogP contribution in [0.5, 0.6) is 0 Å². The molecule has 11 heavy (non-hydrogen) atoms. The van der Waals surface area contributed by atoms with E-state index < -0.39 is 12.1 Å². The lowest BCUT2D eigenvalue weighted by Crippen LogP contribution is -2.13. The van der Waals surface area contributed by atoms with Crippen molar-refractivity contribution in [3.63, 3.8) is 0 Å². The number of hydrogen-bond acceptors (Lipinski definition) is 2. The zero-order chi connectivity index (χ0) is 8.85. The Morgan fingerprint density at radius 1 is 1.45 bits per heavy atom. The molecule has 0 atom stereocenters. The first-order valence-corrected chi connectivity index (χ1v) is 3.23. The van der Waals surface area contributed by atoms with E-state index in [1.54, 1.807) is 6.92 Å². The minimum Gasteiger partial charge on any atom is -0.451 e. The van der Waals surface area contributed by atoms with Gasteiger partial charge in [0.15, 0.2) is 0 Å². The Morgan fingerprint density at radius 2 is 1.91 bits per heavy atom. The predicted molar refractivity (Wildman–Crippen MR) is 45.1 cm³/mol. The molecule has 0 rings (SSSR count). The van der Waals surface area contributed by atoms with Crippen molar-refractivity contribution < 1.29 is 9.53 Å². The molecular formula is C9H12O2. The molecule has 0 fully saturated rings. The van der Waals surface area contributed by atoms with Crippen LogP contribution in [-0.4, -0.2) is 12.1 Å². The summed E-state index contributed by atoms with van der Waals surface area (Å²) in [5.74, 6) is -0.421. The fourth-order valence-corrected chi connectivity index (χ4v) is 0.417. The lowest BCUT2D eigenvalue weighted by atomic mass is 10.3. The summed E-state index contributed by atoms with van der Waals surface area (Å²) in [5.41, 5.74) is 0.374. The van der Waals surface area contributed by atoms with Crippen LogP contribution in [0, 0.1) is 0 Å². The number of ether oxygens (including phenoxy) is 1. The number of rotatable bonds is 4. The van der Waals surface area contributed by atoms with Crippen molar-refractivity contribution in [1.82, 2.24) is 0 Å². The van der Waals surface area contributed by atoms with Crippen LogP contribution in [0.15, 0.2) is 37.5 Å². The average Bonchev–Trinajstić information content (AvgIpc) is 1.99. The Balaban J connectivity index is 4.01. The van der Waals surface area contributed by atoms with Gasteiger partial charge >= 0.3 is 5.97 Å². The second-order valence-electron chi connectivity index (χ2n) is 2.12. The molecule has 0 saturated carbocycles. The maximum atomic E-state index is 10.9. The van der Waals surface area contributed by atoms with E-state index in [1.165, 1.54) is 12.2 Å². The van der Waals surface area contributed by atoms with Crippen LogP contribution in [0.2, 0.25) is 0 Å². The van der Waals surface area contributed by atoms with Crippen molar-refractivity contribution in [3.05, 3.63) is 37.5 Å². The lowest BCUT2D eigenvalue weighted by molar-refractivity contribution is -0.140. The first kappa shape index (κ1) is 9.69. The monoisotopic (exact) mass is 152 g/mol. The average molecular weight is 152 g/mol. The van der Waals surface area contributed by atoms with Crippen molar-refractivity contribution in [3.8, 4) is 0 Å². The van der Waals surface area contributed by atoms with E-state index in [1.807, 2.05) is 0 Å². The molecule has 0 aliphatic rings. The fraction of sp³-hybridized carbons (Fsp3) is 0.222. The van der Waals surface area contributed by atoms with Gasteiger partial charge in [0.05, 0.1) is 0 Å². The minimum absolute atomic E-state index is 0.374. The van der Waals surface area contributed by atoms with Crippen LogP contribution in [-0.2, 0) is 9.53 Å². The van der Waals surface area contributed by atoms with E-state index in [0.717, 1.165) is 0 Å². The Morgan fingerprint density at radius 3 is 2.18 bits per heavy atom. The molecule has 0 radical (unpaired) electrons. The Kier molecular flexibility index (Phi) is 3.96. The summed E-state index contributed by atoms with van der Waals surface area (Å²) in [6.07, 6.45) is 2.57. The lowest BCUT2D eigenvalue weighted by Gasteiger charge is -2.08. The van der Waals surface area contributed by atoms with Gasteiger partial charge in [-0.3, -0.25) is 0 Å². The fourth-order valence-electron chi connectivity index (χ4n) is 0.417. The first-order valence-electron chi connectivity index (χ1n) is 3.23. The molecule has 0 bridgehead atoms. The molecule has 0 aliphatic carbocycles. The van der Waals surface area contributed by atoms with Crippen molar-refractivity contribution in [2.75, 3.05) is 0 Å². The Labute approximate surface area is 66.9 Å². The molecule has 0 N–H and O–H groups in total. The number of esters is 1. The van der Waals surface area contributed by atoms with Gasteiger partial charge in [-0.15, -0.1) is 0 Å². The summed E-state index contributed by atoms with van der Waals surface area (Å²) in [5, 5.41) is 0. The summed E-state index contributed by atoms with van der Waals surface area (Å²) in [6.45, 7) is 12.0. The van der Waals surface area contributed by atoms with Gasteiger partial charge in [0, 0.05) is 5.57 Å². The van der Waals surface area contributed by atoms with Gasteiger partial charge < -0.3 is 4.74 Å². The van der Waals surface area contributed by atoms with Gasteiger partial charge in [-0.05, 0) is 19.1 Å². The molecule has 60 valence electrons. The summed E-state index contributed by atoms with van der Waals surface area (Å²) in [7, 11) is 0. The topological polar surface area (TPSA) is 26.3 Å². The quantitative estimate of drug-likeness (QED) is 0.349. The summed E-state index contributed by atoms with van der Waals surface area (Å²) in [6, 6.07) is 0. The van der Waals surface area contributed by atoms with E-state index in [4.69, 9.17) is 4.74 Å². The van der Waals surface area contributed by atoms with E-state index in [9.17, 15) is 4.79 Å². The number of hydrogen-bond donors (Lipinski definition) is 0. The SMILES string of the molecule is C=CC(C=C)OC(=O)C(=C)C. The molecule has 0 heterocycles. The molecule has 0 aromatic rings. The van der Waals surface area contributed by atoms with Gasteiger partial charge in [-0.25, -0.2) is 4.79 Å². The van der Waals surface area contributed by atoms with Gasteiger partial charge in [0.1, 0.15) is 6.10 Å². The molecule has 0 aromatic carbocycles. The third kappa shape index (κ3) is 3.40. The van der Waals surface area contributed by atoms with Gasteiger partial charge in [0.25, 0.3) is 0 Å². The van der Waals surface area contributed by atoms with E-state index in [2.05, 4.69) is 19.7 Å². The molecular weight excluding hydrogens is 140 g/mol. The smallest absolute Gasteiger partial charge is 0.334 e. The maximum Gasteiger partial charge on any atom is 0.334 e. The second-order valence-corrected chi connectivity index (χ2v) is 2.12. The highest BCUT2D eigenvalue weighted by Gasteiger charge is 2.06. The van der Waals surface area contributed by atoms with Gasteiger partial charge in [0.2, 0.25) is 0 Å². The molecule has 0 unspecified atom stereocenters. The normalized spacial score (nSPS) is 8.91. The maximum absolute atomic E-state index is 10.9. The predicted octanol–water partition coefficient (Wildman–Crippen LogP) is 1.85. The summed E-state index contributed by atoms with van der Waals surface area (Å²) >= 11 is 0. The van der Waals surface area contributed by atoms with Crippen LogP contribution in [0.4, 0.5) is 0 Å². The van der Waals surface area contributed by atoms with Crippen LogP contribution in [0.25, 0.3) is 0 Å². The van der Waals surface area contributed by atoms with E-state index in [0.29, 0.717) is 5.57 Å². The zero-order valence-corrected chi connectivity index (χ0v) is 6.67. The van der Waals surface area contributed by atoms with Crippen molar-refractivity contribution in [2.45, 2.75) is 13.0 Å². The van der Waals surface area contributed by atoms with Crippen molar-refractivity contribution >= 4 is 5.97 Å². The van der Waals surface area contributed by atoms with Crippen LogP contribution < -0.4 is 0 Å². The molecule has 0 aromatic heterocycles. The molecule has 0 aliphatic heterocycles. The molecule has 0 spiro atoms. The van der Waals surface area contributed by atoms with E-state index in [-0.39, 0.29) is 0 Å². The van der Waals surface area contributed by atoms with Gasteiger partial charge in [-0.1, -0.05) is 19.7 Å². The summed E-state index contributed by atoms with van der Waals surface area (Å²) < 4.78 is 4.84. The molecule has 2 nitrogen and oxygen atoms in total. The Hall–Kier alpha value is -1.31. The van der Waals surface area contributed by atoms with Crippen LogP contribution in [0.3, 0.4) is 0 Å². The third-order valence-electron chi connectivity index (χ3n) is 1.06. The van der Waals surface area contributed by atoms with Crippen molar-refractivity contribution in [1.29, 1.82) is 0 Å². The second kappa shape index (κ2) is 4.50. The Bertz CT molecular complexity index is 184. The van der Waals surface area contributed by atoms with Crippen LogP contribution in [0.1, 0.15) is 6.92 Å². The standard InChI is InChI=1S/C9H12O2/c1-5-8(6-2)11-9(10)7(3)4/h5-6,8H,1-3H2,4H3. The highest BCUT2D eigenvalue weighted by molar-refractivity contribution is 5.87. The third-order valence-corrected chi connectivity index (χ3v) is 1.06. The molecule has 0 amide bonds. The van der Waals surface area contributed by atoms with Crippen molar-refractivity contribution in [2.24, 2.45) is 0 Å². The minimum atomic E-state index is -0.421.